The van der Waals surface area contributed by atoms with E-state index in [4.69, 9.17) is 33.2 Å². The van der Waals surface area contributed by atoms with Crippen molar-refractivity contribution in [3.8, 4) is 0 Å². The van der Waals surface area contributed by atoms with E-state index in [1.54, 1.807) is 0 Å². The molecule has 76 heavy (non-hydrogen) atoms. The Bertz CT molecular complexity index is 1640. The third-order valence-corrected chi connectivity index (χ3v) is 14.8. The molecule has 1 N–H and O–H groups in total. The average molecular weight is 1070 g/mol. The minimum atomic E-state index is -1.47. The van der Waals surface area contributed by atoms with Crippen LogP contribution in [0, 0.1) is 23.2 Å². The smallest absolute Gasteiger partial charge is 0.407 e. The van der Waals surface area contributed by atoms with Gasteiger partial charge in [0.25, 0.3) is 0 Å². The van der Waals surface area contributed by atoms with Gasteiger partial charge < -0.3 is 43.4 Å². The summed E-state index contributed by atoms with van der Waals surface area (Å²) in [6.45, 7) is 8.72. The Morgan fingerprint density at radius 3 is 1.45 bits per heavy atom. The summed E-state index contributed by atoms with van der Waals surface area (Å²) in [7, 11) is 0. The van der Waals surface area contributed by atoms with Crippen LogP contribution in [0.1, 0.15) is 220 Å². The SMILES string of the molecule is CCCCC/C=C\CCOC(=O)CCCCC(=O)OCC(COC(=O)CCCCC(=O)OCC/C=C\CCCCC)(COC(=O)CCC(CCCCCC)OC(=O)NCCN1CCCC1)COC(=O)C1CC2CCC2C1. The van der Waals surface area contributed by atoms with Crippen molar-refractivity contribution in [3.05, 3.63) is 24.3 Å². The summed E-state index contributed by atoms with van der Waals surface area (Å²) in [6, 6.07) is 0. The number of esters is 6. The van der Waals surface area contributed by atoms with Gasteiger partial charge in [-0.15, -0.1) is 0 Å². The predicted molar refractivity (Wildman–Crippen MR) is 292 cm³/mol. The summed E-state index contributed by atoms with van der Waals surface area (Å²) in [5, 5.41) is 2.86. The summed E-state index contributed by atoms with van der Waals surface area (Å²) in [6.07, 6.45) is 29.8. The highest BCUT2D eigenvalue weighted by Gasteiger charge is 2.45. The molecule has 3 unspecified atom stereocenters. The van der Waals surface area contributed by atoms with Gasteiger partial charge in [-0.05, 0) is 147 Å². The largest absolute Gasteiger partial charge is 0.465 e. The summed E-state index contributed by atoms with van der Waals surface area (Å²) in [4.78, 5) is 93.9. The number of nitrogens with one attached hydrogen (secondary N) is 1. The molecular weight excluding hydrogens is 973 g/mol. The third-order valence-electron chi connectivity index (χ3n) is 14.8. The Labute approximate surface area is 456 Å². The number of hydrogen-bond acceptors (Lipinski definition) is 15. The number of amides is 1. The van der Waals surface area contributed by atoms with Crippen molar-refractivity contribution in [2.75, 3.05) is 65.8 Å². The van der Waals surface area contributed by atoms with Gasteiger partial charge in [0.1, 0.15) is 37.9 Å². The molecule has 3 fully saturated rings. The van der Waals surface area contributed by atoms with Crippen LogP contribution in [0.2, 0.25) is 0 Å². The molecule has 1 aliphatic heterocycles. The maximum Gasteiger partial charge on any atom is 0.407 e. The van der Waals surface area contributed by atoms with Crippen molar-refractivity contribution in [1.82, 2.24) is 10.2 Å². The number of likely N-dealkylation sites (tertiary alicyclic amines) is 1. The van der Waals surface area contributed by atoms with Gasteiger partial charge in [0.05, 0.1) is 19.1 Å². The highest BCUT2D eigenvalue weighted by molar-refractivity contribution is 5.74. The van der Waals surface area contributed by atoms with Crippen LogP contribution < -0.4 is 5.32 Å². The molecule has 434 valence electrons. The molecule has 0 aromatic carbocycles. The first-order valence-electron chi connectivity index (χ1n) is 29.9. The molecule has 0 spiro atoms. The molecule has 1 saturated heterocycles. The number of unbranched alkanes of at least 4 members (excludes halogenated alkanes) is 11. The second-order valence-corrected chi connectivity index (χ2v) is 21.6. The first kappa shape index (κ1) is 65.8. The van der Waals surface area contributed by atoms with Crippen LogP contribution in [0.15, 0.2) is 24.3 Å². The van der Waals surface area contributed by atoms with E-state index in [9.17, 15) is 33.6 Å². The molecule has 1 amide bonds. The molecular formula is C60H100N2O14. The molecule has 0 radical (unpaired) electrons. The fourth-order valence-electron chi connectivity index (χ4n) is 9.84. The van der Waals surface area contributed by atoms with Crippen molar-refractivity contribution in [2.24, 2.45) is 23.2 Å². The minimum Gasteiger partial charge on any atom is -0.465 e. The molecule has 3 rings (SSSR count). The maximum atomic E-state index is 13.6. The van der Waals surface area contributed by atoms with Gasteiger partial charge >= 0.3 is 41.9 Å². The number of carbonyl (C=O) groups excluding carboxylic acids is 7. The highest BCUT2D eigenvalue weighted by atomic mass is 16.6. The van der Waals surface area contributed by atoms with Gasteiger partial charge in [-0.1, -0.05) is 90.0 Å². The average Bonchev–Trinajstić information content (AvgIpc) is 4.04. The minimum absolute atomic E-state index is 0.0161. The van der Waals surface area contributed by atoms with E-state index < -0.39 is 61.3 Å². The number of ether oxygens (including phenoxy) is 7. The van der Waals surface area contributed by atoms with Crippen LogP contribution in [-0.2, 0) is 61.9 Å². The zero-order valence-electron chi connectivity index (χ0n) is 47.3. The quantitative estimate of drug-likeness (QED) is 0.0261. The van der Waals surface area contributed by atoms with Crippen LogP contribution in [0.4, 0.5) is 4.79 Å². The number of fused-ring (bicyclic) bond motifs is 1. The Hall–Kier alpha value is -4.47. The topological polar surface area (TPSA) is 199 Å². The van der Waals surface area contributed by atoms with Crippen LogP contribution in [-0.4, -0.2) is 119 Å². The standard InChI is InChI=1S/C60H100N2O14/c1-4-7-10-13-15-17-26-41-70-53(63)29-20-22-31-55(65)72-45-60(48-75-58(68)51-43-49-33-34-50(49)44-51,46-73-56(66)32-23-21-30-54(64)71-42-27-18-16-14-11-8-5-2)47-74-57(67)36-35-52(28-19-12-9-6-3)76-59(69)61-37-40-62-38-24-25-39-62/h15-18,49-52H,4-14,19-48H2,1-3H3,(H,61,69)/b17-15-,18-16-. The molecule has 0 aromatic rings. The van der Waals surface area contributed by atoms with E-state index in [1.807, 2.05) is 12.2 Å². The van der Waals surface area contributed by atoms with Crippen LogP contribution in [0.5, 0.6) is 0 Å². The predicted octanol–water partition coefficient (Wildman–Crippen LogP) is 11.8. The fourth-order valence-corrected chi connectivity index (χ4v) is 9.84. The maximum absolute atomic E-state index is 13.6. The van der Waals surface area contributed by atoms with Gasteiger partial charge in [-0.25, -0.2) is 4.79 Å². The third kappa shape index (κ3) is 31.1. The van der Waals surface area contributed by atoms with Crippen LogP contribution >= 0.6 is 0 Å². The van der Waals surface area contributed by atoms with Crippen molar-refractivity contribution in [1.29, 1.82) is 0 Å². The van der Waals surface area contributed by atoms with Gasteiger partial charge in [0.15, 0.2) is 0 Å². The molecule has 16 nitrogen and oxygen atoms in total. The zero-order valence-corrected chi connectivity index (χ0v) is 47.3. The second-order valence-electron chi connectivity index (χ2n) is 21.6. The number of hydrogen-bond donors (Lipinski definition) is 1. The van der Waals surface area contributed by atoms with E-state index in [0.717, 1.165) is 110 Å². The second kappa shape index (κ2) is 41.6. The molecule has 3 aliphatic rings. The molecule has 16 heteroatoms. The lowest BCUT2D eigenvalue weighted by molar-refractivity contribution is -0.172. The number of rotatable bonds is 45. The Morgan fingerprint density at radius 1 is 0.513 bits per heavy atom. The molecule has 0 aromatic heterocycles. The fraction of sp³-hybridized carbons (Fsp3) is 0.817. The van der Waals surface area contributed by atoms with Crippen LogP contribution in [0.25, 0.3) is 0 Å². The van der Waals surface area contributed by atoms with Crippen molar-refractivity contribution >= 4 is 41.9 Å². The number of allylic oxidation sites excluding steroid dienone is 2. The van der Waals surface area contributed by atoms with Gasteiger partial charge in [0, 0.05) is 45.2 Å². The normalized spacial score (nSPS) is 17.7. The van der Waals surface area contributed by atoms with E-state index in [-0.39, 0.29) is 63.0 Å². The Balaban J connectivity index is 1.64. The van der Waals surface area contributed by atoms with E-state index in [2.05, 4.69) is 43.1 Å². The molecule has 0 bridgehead atoms. The van der Waals surface area contributed by atoms with Crippen LogP contribution in [0.3, 0.4) is 0 Å². The summed E-state index contributed by atoms with van der Waals surface area (Å²) < 4.78 is 40.1. The lowest BCUT2D eigenvalue weighted by Gasteiger charge is -2.32. The van der Waals surface area contributed by atoms with E-state index >= 15 is 0 Å². The Kier molecular flexibility index (Phi) is 36.0. The number of alkyl carbamates (subject to hydrolysis) is 1. The molecule has 1 heterocycles. The Morgan fingerprint density at radius 2 is 0.961 bits per heavy atom. The van der Waals surface area contributed by atoms with Crippen molar-refractivity contribution < 1.29 is 66.7 Å². The first-order valence-corrected chi connectivity index (χ1v) is 29.9. The van der Waals surface area contributed by atoms with E-state index in [1.165, 1.54) is 25.7 Å². The zero-order chi connectivity index (χ0) is 54.9. The van der Waals surface area contributed by atoms with Gasteiger partial charge in [-0.2, -0.15) is 0 Å². The van der Waals surface area contributed by atoms with Gasteiger partial charge in [0.2, 0.25) is 0 Å². The van der Waals surface area contributed by atoms with Crippen molar-refractivity contribution in [2.45, 2.75) is 226 Å². The summed E-state index contributed by atoms with van der Waals surface area (Å²) in [5.74, 6) is -2.14. The highest BCUT2D eigenvalue weighted by Crippen LogP contribution is 2.49. The van der Waals surface area contributed by atoms with E-state index in [0.29, 0.717) is 76.5 Å². The molecule has 2 saturated carbocycles. The lowest BCUT2D eigenvalue weighted by atomic mass is 9.77. The number of nitrogens with zero attached hydrogens (tertiary/aromatic N) is 1. The number of carbonyl (C=O) groups is 7. The summed E-state index contributed by atoms with van der Waals surface area (Å²) in [5.41, 5.74) is -1.47. The molecule has 3 atom stereocenters. The first-order chi connectivity index (χ1) is 36.9. The molecule has 2 aliphatic carbocycles. The monoisotopic (exact) mass is 1070 g/mol. The van der Waals surface area contributed by atoms with Crippen molar-refractivity contribution in [3.63, 3.8) is 0 Å². The lowest BCUT2D eigenvalue weighted by Crippen LogP contribution is -2.44. The summed E-state index contributed by atoms with van der Waals surface area (Å²) >= 11 is 0. The van der Waals surface area contributed by atoms with Gasteiger partial charge in [-0.3, -0.25) is 28.8 Å².